The molecule has 1 aromatic heterocycles. The zero-order valence-electron chi connectivity index (χ0n) is 7.77. The van der Waals surface area contributed by atoms with E-state index < -0.39 is 12.6 Å². The summed E-state index contributed by atoms with van der Waals surface area (Å²) in [5, 5.41) is 12.9. The van der Waals surface area contributed by atoms with Crippen LogP contribution >= 0.6 is 11.3 Å². The van der Waals surface area contributed by atoms with Crippen LogP contribution in [0.4, 0.5) is 13.2 Å². The summed E-state index contributed by atoms with van der Waals surface area (Å²) in [4.78, 5) is 0.869. The van der Waals surface area contributed by atoms with Crippen LogP contribution in [0, 0.1) is 11.3 Å². The van der Waals surface area contributed by atoms with E-state index in [4.69, 9.17) is 5.26 Å². The molecule has 0 unspecified atom stereocenters. The number of rotatable bonds is 4. The Hall–Kier alpha value is -1.06. The Morgan fingerprint density at radius 1 is 1.47 bits per heavy atom. The Balaban J connectivity index is 2.24. The second-order valence-corrected chi connectivity index (χ2v) is 3.95. The van der Waals surface area contributed by atoms with Gasteiger partial charge in [0, 0.05) is 23.3 Å². The van der Waals surface area contributed by atoms with Gasteiger partial charge in [0.15, 0.2) is 0 Å². The summed E-state index contributed by atoms with van der Waals surface area (Å²) < 4.78 is 35.3. The Labute approximate surface area is 89.3 Å². The summed E-state index contributed by atoms with van der Waals surface area (Å²) in [6.45, 7) is 0.283. The first-order chi connectivity index (χ1) is 7.01. The highest BCUT2D eigenvalue weighted by molar-refractivity contribution is 7.10. The van der Waals surface area contributed by atoms with Crippen molar-refractivity contribution in [1.82, 2.24) is 5.32 Å². The normalized spacial score (nSPS) is 11.3. The Kier molecular flexibility index (Phi) is 4.12. The molecule has 2 nitrogen and oxygen atoms in total. The quantitative estimate of drug-likeness (QED) is 0.813. The van der Waals surface area contributed by atoms with Gasteiger partial charge in [-0.3, -0.25) is 0 Å². The molecule has 0 aliphatic heterocycles. The van der Waals surface area contributed by atoms with Gasteiger partial charge in [-0.05, 0) is 6.07 Å². The van der Waals surface area contributed by atoms with Crippen molar-refractivity contribution in [3.8, 4) is 6.07 Å². The van der Waals surface area contributed by atoms with Crippen molar-refractivity contribution in [2.45, 2.75) is 19.1 Å². The predicted molar refractivity (Wildman–Crippen MR) is 51.4 cm³/mol. The van der Waals surface area contributed by atoms with Crippen LogP contribution in [0.3, 0.4) is 0 Å². The van der Waals surface area contributed by atoms with Crippen LogP contribution in [0.2, 0.25) is 0 Å². The number of thiophene rings is 1. The van der Waals surface area contributed by atoms with Crippen LogP contribution in [-0.4, -0.2) is 12.7 Å². The van der Waals surface area contributed by atoms with Crippen LogP contribution in [0.1, 0.15) is 16.9 Å². The van der Waals surface area contributed by atoms with Crippen molar-refractivity contribution in [1.29, 1.82) is 5.26 Å². The molecule has 0 amide bonds. The molecule has 0 aliphatic carbocycles. The SMILES string of the molecule is N#Cc1csc(CNCCC(F)(F)F)c1. The van der Waals surface area contributed by atoms with Gasteiger partial charge in [-0.25, -0.2) is 0 Å². The highest BCUT2D eigenvalue weighted by atomic mass is 32.1. The number of hydrogen-bond donors (Lipinski definition) is 1. The molecule has 1 aromatic rings. The molecule has 6 heteroatoms. The summed E-state index contributed by atoms with van der Waals surface area (Å²) in [6, 6.07) is 3.64. The molecule has 0 aromatic carbocycles. The van der Waals surface area contributed by atoms with Crippen LogP contribution in [0.5, 0.6) is 0 Å². The van der Waals surface area contributed by atoms with E-state index in [1.54, 1.807) is 11.4 Å². The lowest BCUT2D eigenvalue weighted by atomic mass is 10.3. The third kappa shape index (κ3) is 4.81. The number of nitrogens with zero attached hydrogens (tertiary/aromatic N) is 1. The fraction of sp³-hybridized carbons (Fsp3) is 0.444. The molecule has 82 valence electrons. The summed E-state index contributed by atoms with van der Waals surface area (Å²) in [6.07, 6.45) is -4.94. The molecule has 1 heterocycles. The molecule has 0 radical (unpaired) electrons. The van der Waals surface area contributed by atoms with E-state index in [-0.39, 0.29) is 6.54 Å². The van der Waals surface area contributed by atoms with Crippen LogP contribution in [0.15, 0.2) is 11.4 Å². The first kappa shape index (κ1) is 12.0. The molecule has 0 bridgehead atoms. The first-order valence-corrected chi connectivity index (χ1v) is 5.14. The van der Waals surface area contributed by atoms with E-state index in [1.807, 2.05) is 6.07 Å². The minimum Gasteiger partial charge on any atom is -0.312 e. The van der Waals surface area contributed by atoms with Gasteiger partial charge >= 0.3 is 6.18 Å². The minimum atomic E-state index is -4.11. The smallest absolute Gasteiger partial charge is 0.312 e. The molecule has 1 rings (SSSR count). The second-order valence-electron chi connectivity index (χ2n) is 2.96. The molecule has 1 N–H and O–H groups in total. The number of hydrogen-bond acceptors (Lipinski definition) is 3. The standard InChI is InChI=1S/C9H9F3N2S/c10-9(11,12)1-2-14-5-8-3-7(4-13)6-15-8/h3,6,14H,1-2,5H2. The molecule has 15 heavy (non-hydrogen) atoms. The molecular weight excluding hydrogens is 225 g/mol. The van der Waals surface area contributed by atoms with Gasteiger partial charge in [-0.1, -0.05) is 0 Å². The summed E-state index contributed by atoms with van der Waals surface area (Å²) in [5.41, 5.74) is 0.549. The van der Waals surface area contributed by atoms with E-state index >= 15 is 0 Å². The number of alkyl halides is 3. The molecule has 0 fully saturated rings. The van der Waals surface area contributed by atoms with Crippen LogP contribution in [0.25, 0.3) is 0 Å². The largest absolute Gasteiger partial charge is 0.390 e. The lowest BCUT2D eigenvalue weighted by Crippen LogP contribution is -2.20. The topological polar surface area (TPSA) is 35.8 Å². The van der Waals surface area contributed by atoms with Gasteiger partial charge in [0.25, 0.3) is 0 Å². The van der Waals surface area contributed by atoms with E-state index in [0.29, 0.717) is 12.1 Å². The molecule has 0 saturated carbocycles. The highest BCUT2D eigenvalue weighted by Crippen LogP contribution is 2.18. The van der Waals surface area contributed by atoms with Crippen molar-refractivity contribution in [2.75, 3.05) is 6.54 Å². The lowest BCUT2D eigenvalue weighted by Gasteiger charge is -2.06. The van der Waals surface area contributed by atoms with Crippen LogP contribution < -0.4 is 5.32 Å². The van der Waals surface area contributed by atoms with Crippen molar-refractivity contribution in [3.63, 3.8) is 0 Å². The Morgan fingerprint density at radius 2 is 2.20 bits per heavy atom. The molecule has 0 saturated heterocycles. The highest BCUT2D eigenvalue weighted by Gasteiger charge is 2.25. The Morgan fingerprint density at radius 3 is 2.73 bits per heavy atom. The maximum atomic E-state index is 11.8. The second kappa shape index (κ2) is 5.14. The zero-order chi connectivity index (χ0) is 11.3. The molecule has 0 atom stereocenters. The molecule has 0 spiro atoms. The maximum Gasteiger partial charge on any atom is 0.390 e. The maximum absolute atomic E-state index is 11.8. The average Bonchev–Trinajstić information content (AvgIpc) is 2.59. The number of nitrogens with one attached hydrogen (secondary N) is 1. The molecular formula is C9H9F3N2S. The summed E-state index contributed by atoms with van der Waals surface area (Å²) >= 11 is 1.37. The molecule has 0 aliphatic rings. The van der Waals surface area contributed by atoms with Gasteiger partial charge in [-0.15, -0.1) is 11.3 Å². The fourth-order valence-corrected chi connectivity index (χ4v) is 1.75. The third-order valence-corrected chi connectivity index (χ3v) is 2.60. The van der Waals surface area contributed by atoms with Gasteiger partial charge in [0.1, 0.15) is 6.07 Å². The minimum absolute atomic E-state index is 0.0940. The van der Waals surface area contributed by atoms with Gasteiger partial charge in [0.05, 0.1) is 12.0 Å². The lowest BCUT2D eigenvalue weighted by molar-refractivity contribution is -0.133. The van der Waals surface area contributed by atoms with E-state index in [2.05, 4.69) is 5.32 Å². The van der Waals surface area contributed by atoms with Crippen molar-refractivity contribution >= 4 is 11.3 Å². The monoisotopic (exact) mass is 234 g/mol. The zero-order valence-corrected chi connectivity index (χ0v) is 8.58. The Bertz CT molecular complexity index is 351. The van der Waals surface area contributed by atoms with E-state index in [0.717, 1.165) is 4.88 Å². The van der Waals surface area contributed by atoms with Gasteiger partial charge in [0.2, 0.25) is 0 Å². The number of halogens is 3. The van der Waals surface area contributed by atoms with Crippen molar-refractivity contribution in [2.24, 2.45) is 0 Å². The summed E-state index contributed by atoms with van der Waals surface area (Å²) in [7, 11) is 0. The summed E-state index contributed by atoms with van der Waals surface area (Å²) in [5.74, 6) is 0. The van der Waals surface area contributed by atoms with Crippen LogP contribution in [-0.2, 0) is 6.54 Å². The first-order valence-electron chi connectivity index (χ1n) is 4.26. The third-order valence-electron chi connectivity index (χ3n) is 1.67. The van der Waals surface area contributed by atoms with E-state index in [9.17, 15) is 13.2 Å². The van der Waals surface area contributed by atoms with Gasteiger partial charge < -0.3 is 5.32 Å². The average molecular weight is 234 g/mol. The fourth-order valence-electron chi connectivity index (χ4n) is 0.974. The van der Waals surface area contributed by atoms with Crippen molar-refractivity contribution in [3.05, 3.63) is 21.9 Å². The van der Waals surface area contributed by atoms with Gasteiger partial charge in [-0.2, -0.15) is 18.4 Å². The van der Waals surface area contributed by atoms with E-state index in [1.165, 1.54) is 11.3 Å². The predicted octanol–water partition coefficient (Wildman–Crippen LogP) is 2.66. The number of nitriles is 1. The van der Waals surface area contributed by atoms with Crippen molar-refractivity contribution < 1.29 is 13.2 Å².